The molecule has 3 aliphatic heterocycles. The van der Waals surface area contributed by atoms with Gasteiger partial charge in [-0.3, -0.25) is 4.79 Å². The summed E-state index contributed by atoms with van der Waals surface area (Å²) in [5, 5.41) is 6.67. The highest BCUT2D eigenvalue weighted by Gasteiger charge is 2.59. The van der Waals surface area contributed by atoms with Crippen molar-refractivity contribution in [3.63, 3.8) is 0 Å². The second-order valence-corrected chi connectivity index (χ2v) is 12.6. The maximum atomic E-state index is 13.4. The molecule has 2 atom stereocenters. The van der Waals surface area contributed by atoms with Crippen molar-refractivity contribution in [2.24, 2.45) is 11.3 Å². The summed E-state index contributed by atoms with van der Waals surface area (Å²) >= 11 is 0. The molecule has 4 aliphatic rings. The van der Waals surface area contributed by atoms with Crippen LogP contribution < -0.4 is 10.6 Å². The molecular formula is C19H33N3O4S. The molecule has 2 N–H and O–H groups in total. The van der Waals surface area contributed by atoms with E-state index in [-0.39, 0.29) is 40.7 Å². The summed E-state index contributed by atoms with van der Waals surface area (Å²) in [6.07, 6.45) is 3.21. The number of sulfonamides is 1. The van der Waals surface area contributed by atoms with E-state index < -0.39 is 15.4 Å². The number of fused-ring (bicyclic) bond motifs is 1. The molecule has 0 radical (unpaired) electrons. The second-order valence-electron chi connectivity index (χ2n) is 10.4. The average Bonchev–Trinajstić information content (AvgIpc) is 3.16. The zero-order valence-electron chi connectivity index (χ0n) is 16.9. The Bertz CT molecular complexity index is 715. The Labute approximate surface area is 162 Å². The summed E-state index contributed by atoms with van der Waals surface area (Å²) in [6.45, 7) is 10.1. The van der Waals surface area contributed by atoms with Gasteiger partial charge in [-0.1, -0.05) is 0 Å². The Hall–Kier alpha value is -0.700. The lowest BCUT2D eigenvalue weighted by atomic mass is 9.77. The van der Waals surface area contributed by atoms with Gasteiger partial charge in [-0.2, -0.15) is 0 Å². The van der Waals surface area contributed by atoms with Crippen molar-refractivity contribution in [2.45, 2.75) is 75.7 Å². The van der Waals surface area contributed by atoms with E-state index in [0.717, 1.165) is 25.7 Å². The molecule has 8 heteroatoms. The third-order valence-electron chi connectivity index (χ3n) is 6.63. The van der Waals surface area contributed by atoms with Crippen molar-refractivity contribution in [3.8, 4) is 0 Å². The van der Waals surface area contributed by atoms with Gasteiger partial charge in [0.25, 0.3) is 0 Å². The maximum Gasteiger partial charge on any atom is 0.230 e. The number of rotatable bonds is 4. The summed E-state index contributed by atoms with van der Waals surface area (Å²) in [7, 11) is -3.26. The van der Waals surface area contributed by atoms with Crippen molar-refractivity contribution in [2.75, 3.05) is 26.3 Å². The molecule has 1 saturated carbocycles. The molecule has 4 rings (SSSR count). The number of piperidine rings is 1. The number of nitrogens with one attached hydrogen (secondary N) is 2. The van der Waals surface area contributed by atoms with Crippen LogP contribution in [0.15, 0.2) is 0 Å². The van der Waals surface area contributed by atoms with Crippen LogP contribution >= 0.6 is 0 Å². The highest BCUT2D eigenvalue weighted by atomic mass is 32.2. The Morgan fingerprint density at radius 1 is 1.15 bits per heavy atom. The lowest BCUT2D eigenvalue weighted by molar-refractivity contribution is -0.132. The predicted octanol–water partition coefficient (Wildman–Crippen LogP) is 0.852. The third kappa shape index (κ3) is 3.54. The highest BCUT2D eigenvalue weighted by molar-refractivity contribution is 7.90. The Balaban J connectivity index is 1.50. The van der Waals surface area contributed by atoms with Crippen LogP contribution in [-0.4, -0.2) is 67.3 Å². The summed E-state index contributed by atoms with van der Waals surface area (Å²) in [5.74, 6) is -0.0780. The molecule has 3 saturated heterocycles. The molecule has 7 nitrogen and oxygen atoms in total. The van der Waals surface area contributed by atoms with E-state index in [9.17, 15) is 13.2 Å². The van der Waals surface area contributed by atoms with Crippen LogP contribution in [0.25, 0.3) is 0 Å². The number of nitrogens with zero attached hydrogens (tertiary/aromatic N) is 1. The molecule has 4 fully saturated rings. The van der Waals surface area contributed by atoms with E-state index in [4.69, 9.17) is 4.74 Å². The molecule has 3 heterocycles. The fourth-order valence-electron chi connectivity index (χ4n) is 5.53. The molecule has 27 heavy (non-hydrogen) atoms. The first kappa shape index (κ1) is 19.6. The predicted molar refractivity (Wildman–Crippen MR) is 103 cm³/mol. The van der Waals surface area contributed by atoms with Gasteiger partial charge in [-0.15, -0.1) is 0 Å². The highest BCUT2D eigenvalue weighted by Crippen LogP contribution is 2.45. The van der Waals surface area contributed by atoms with Gasteiger partial charge in [0.1, 0.15) is 0 Å². The topological polar surface area (TPSA) is 87.7 Å². The van der Waals surface area contributed by atoms with Crippen LogP contribution in [0.1, 0.15) is 53.4 Å². The number of hydrogen-bond donors (Lipinski definition) is 2. The normalized spacial score (nSPS) is 36.5. The van der Waals surface area contributed by atoms with Crippen molar-refractivity contribution < 1.29 is 17.9 Å². The number of carbonyl (C=O) groups is 1. The van der Waals surface area contributed by atoms with Crippen LogP contribution in [0.5, 0.6) is 0 Å². The average molecular weight is 400 g/mol. The smallest absolute Gasteiger partial charge is 0.230 e. The fourth-order valence-corrected chi connectivity index (χ4v) is 7.49. The van der Waals surface area contributed by atoms with Crippen molar-refractivity contribution in [1.82, 2.24) is 14.9 Å². The minimum absolute atomic E-state index is 0.0306. The lowest BCUT2D eigenvalue weighted by Crippen LogP contribution is -2.63. The molecule has 1 amide bonds. The summed E-state index contributed by atoms with van der Waals surface area (Å²) < 4.78 is 32.6. The zero-order chi connectivity index (χ0) is 19.7. The van der Waals surface area contributed by atoms with Crippen LogP contribution in [0.2, 0.25) is 0 Å². The molecule has 0 bridgehead atoms. The van der Waals surface area contributed by atoms with Crippen molar-refractivity contribution in [3.05, 3.63) is 0 Å². The Morgan fingerprint density at radius 3 is 2.37 bits per heavy atom. The van der Waals surface area contributed by atoms with Gasteiger partial charge < -0.3 is 15.4 Å². The summed E-state index contributed by atoms with van der Waals surface area (Å²) in [6, 6.07) is 0.0773. The largest absolute Gasteiger partial charge is 0.380 e. The first-order valence-electron chi connectivity index (χ1n) is 10.1. The van der Waals surface area contributed by atoms with Crippen molar-refractivity contribution >= 4 is 15.9 Å². The SMILES string of the molecule is CC1(C)CC(NC(=O)[C@]23COC[C@H]2CN(S(=O)(=O)C2CC2)C3)CC(C)(C)N1. The van der Waals surface area contributed by atoms with Gasteiger partial charge in [-0.05, 0) is 53.4 Å². The van der Waals surface area contributed by atoms with Crippen LogP contribution in [0, 0.1) is 11.3 Å². The van der Waals surface area contributed by atoms with Gasteiger partial charge in [-0.25, -0.2) is 12.7 Å². The van der Waals surface area contributed by atoms with Gasteiger partial charge in [0.15, 0.2) is 0 Å². The number of hydrogen-bond acceptors (Lipinski definition) is 5. The number of amides is 1. The molecule has 0 aromatic carbocycles. The van der Waals surface area contributed by atoms with Gasteiger partial charge in [0.05, 0.1) is 23.9 Å². The van der Waals surface area contributed by atoms with E-state index >= 15 is 0 Å². The minimum Gasteiger partial charge on any atom is -0.380 e. The van der Waals surface area contributed by atoms with E-state index in [1.807, 2.05) is 0 Å². The molecule has 0 unspecified atom stereocenters. The van der Waals surface area contributed by atoms with E-state index in [1.54, 1.807) is 4.31 Å². The molecule has 1 aliphatic carbocycles. The molecule has 154 valence electrons. The van der Waals surface area contributed by atoms with E-state index in [0.29, 0.717) is 19.8 Å². The molecule has 0 aromatic heterocycles. The van der Waals surface area contributed by atoms with E-state index in [2.05, 4.69) is 38.3 Å². The summed E-state index contributed by atoms with van der Waals surface area (Å²) in [5.41, 5.74) is -0.846. The van der Waals surface area contributed by atoms with Crippen LogP contribution in [-0.2, 0) is 19.6 Å². The van der Waals surface area contributed by atoms with Gasteiger partial charge >= 0.3 is 0 Å². The molecule has 0 aromatic rings. The Morgan fingerprint density at radius 2 is 1.78 bits per heavy atom. The summed E-state index contributed by atoms with van der Waals surface area (Å²) in [4.78, 5) is 13.4. The molecular weight excluding hydrogens is 366 g/mol. The third-order valence-corrected chi connectivity index (χ3v) is 8.94. The van der Waals surface area contributed by atoms with Gasteiger partial charge in [0.2, 0.25) is 15.9 Å². The Kier molecular flexibility index (Phi) is 4.46. The quantitative estimate of drug-likeness (QED) is 0.732. The number of ether oxygens (including phenoxy) is 1. The van der Waals surface area contributed by atoms with Crippen molar-refractivity contribution in [1.29, 1.82) is 0 Å². The van der Waals surface area contributed by atoms with Gasteiger partial charge in [0, 0.05) is 36.1 Å². The molecule has 0 spiro atoms. The first-order valence-corrected chi connectivity index (χ1v) is 11.6. The fraction of sp³-hybridized carbons (Fsp3) is 0.947. The van der Waals surface area contributed by atoms with Crippen LogP contribution in [0.3, 0.4) is 0 Å². The van der Waals surface area contributed by atoms with Crippen LogP contribution in [0.4, 0.5) is 0 Å². The second kappa shape index (κ2) is 6.15. The lowest BCUT2D eigenvalue weighted by Gasteiger charge is -2.47. The number of carbonyl (C=O) groups excluding carboxylic acids is 1. The first-order chi connectivity index (χ1) is 12.4. The van der Waals surface area contributed by atoms with E-state index in [1.165, 1.54) is 0 Å². The maximum absolute atomic E-state index is 13.4. The monoisotopic (exact) mass is 399 g/mol. The standard InChI is InChI=1S/C19H33N3O4S/c1-17(2)7-14(8-18(3,4)21-17)20-16(23)19-11-22(9-13(19)10-26-12-19)27(24,25)15-5-6-15/h13-15,21H,5-12H2,1-4H3,(H,20,23)/t13-,19-/m1/s1. The minimum atomic E-state index is -3.26. The zero-order valence-corrected chi connectivity index (χ0v) is 17.7.